The van der Waals surface area contributed by atoms with Crippen molar-refractivity contribution in [2.45, 2.75) is 37.0 Å². The third kappa shape index (κ3) is 3.95. The molecule has 0 radical (unpaired) electrons. The van der Waals surface area contributed by atoms with E-state index < -0.39 is 29.2 Å². The maximum atomic E-state index is 16.2. The summed E-state index contributed by atoms with van der Waals surface area (Å²) in [7, 11) is 0. The van der Waals surface area contributed by atoms with Crippen molar-refractivity contribution >= 4 is 22.4 Å². The van der Waals surface area contributed by atoms with Crippen molar-refractivity contribution in [1.29, 1.82) is 0 Å². The van der Waals surface area contributed by atoms with Crippen molar-refractivity contribution in [3.05, 3.63) is 35.7 Å². The lowest BCUT2D eigenvalue weighted by molar-refractivity contribution is 0.107. The first-order valence-corrected chi connectivity index (χ1v) is 13.2. The largest absolute Gasteiger partial charge is 0.491 e. The van der Waals surface area contributed by atoms with Gasteiger partial charge in [0.05, 0.1) is 17.0 Å². The van der Waals surface area contributed by atoms with E-state index in [4.69, 9.17) is 20.2 Å². The Morgan fingerprint density at radius 1 is 1.13 bits per heavy atom. The van der Waals surface area contributed by atoms with Crippen LogP contribution in [0, 0.1) is 17.5 Å². The van der Waals surface area contributed by atoms with Gasteiger partial charge in [-0.2, -0.15) is 9.97 Å². The normalized spacial score (nSPS) is 26.3. The summed E-state index contributed by atoms with van der Waals surface area (Å²) >= 11 is 0. The van der Waals surface area contributed by atoms with Crippen molar-refractivity contribution in [3.8, 4) is 22.9 Å². The number of hydrogen-bond acceptors (Lipinski definition) is 8. The van der Waals surface area contributed by atoms with Crippen LogP contribution in [0.5, 0.6) is 11.8 Å². The number of nitrogen functional groups attached to an aromatic ring is 1. The molecule has 0 bridgehead atoms. The molecular formula is C27H28F4N6O2. The summed E-state index contributed by atoms with van der Waals surface area (Å²) < 4.78 is 71.9. The minimum Gasteiger partial charge on any atom is -0.491 e. The van der Waals surface area contributed by atoms with Crippen LogP contribution in [0.25, 0.3) is 22.0 Å². The Hall–Kier alpha value is -3.38. The predicted octanol–water partition coefficient (Wildman–Crippen LogP) is 3.42. The molecule has 3 fully saturated rings. The highest BCUT2D eigenvalue weighted by atomic mass is 19.2. The first-order chi connectivity index (χ1) is 18.8. The van der Waals surface area contributed by atoms with E-state index in [1.807, 2.05) is 4.90 Å². The standard InChI is InChI=1S/C27H28F4N6O2/c28-14-9-27(2-1-4-36(27)11-14)13-39-26-34-24-21-20(38-12-16-10-33-3-5-37(16)25(21)35-26)8-18(23(24)31)17-6-15(32)7-19(29)22(17)30/h6-8,14,16,33H,1-5,9-13,32H2/t14-,16-,27+/m1/s1. The minimum absolute atomic E-state index is 0.0473. The number of hydrogen-bond donors (Lipinski definition) is 2. The number of rotatable bonds is 4. The zero-order chi connectivity index (χ0) is 26.9. The fourth-order valence-electron chi connectivity index (χ4n) is 6.62. The number of alkyl halides is 1. The second kappa shape index (κ2) is 9.09. The molecule has 1 aromatic heterocycles. The monoisotopic (exact) mass is 544 g/mol. The van der Waals surface area contributed by atoms with Crippen LogP contribution in [0.3, 0.4) is 0 Å². The van der Waals surface area contributed by atoms with E-state index in [0.29, 0.717) is 43.8 Å². The van der Waals surface area contributed by atoms with E-state index in [1.165, 1.54) is 12.1 Å². The fourth-order valence-corrected chi connectivity index (χ4v) is 6.62. The molecule has 4 aliphatic rings. The molecule has 206 valence electrons. The van der Waals surface area contributed by atoms with Crippen molar-refractivity contribution in [2.75, 3.05) is 56.6 Å². The molecule has 3 atom stereocenters. The van der Waals surface area contributed by atoms with Crippen molar-refractivity contribution in [3.63, 3.8) is 0 Å². The van der Waals surface area contributed by atoms with Gasteiger partial charge in [0.1, 0.15) is 36.5 Å². The van der Waals surface area contributed by atoms with Crippen LogP contribution in [0.4, 0.5) is 29.1 Å². The third-order valence-corrected chi connectivity index (χ3v) is 8.46. The quantitative estimate of drug-likeness (QED) is 0.382. The van der Waals surface area contributed by atoms with Gasteiger partial charge in [-0.15, -0.1) is 0 Å². The number of benzene rings is 2. The van der Waals surface area contributed by atoms with Gasteiger partial charge in [0, 0.05) is 49.4 Å². The summed E-state index contributed by atoms with van der Waals surface area (Å²) in [5.41, 5.74) is 4.58. The van der Waals surface area contributed by atoms with E-state index >= 15 is 4.39 Å². The van der Waals surface area contributed by atoms with E-state index in [1.54, 1.807) is 0 Å². The Balaban J connectivity index is 1.38. The molecule has 39 heavy (non-hydrogen) atoms. The molecule has 2 aromatic carbocycles. The molecule has 0 amide bonds. The van der Waals surface area contributed by atoms with E-state index in [-0.39, 0.29) is 53.3 Å². The lowest BCUT2D eigenvalue weighted by Crippen LogP contribution is -2.53. The zero-order valence-corrected chi connectivity index (χ0v) is 21.2. The molecule has 0 aliphatic carbocycles. The van der Waals surface area contributed by atoms with Crippen LogP contribution >= 0.6 is 0 Å². The maximum Gasteiger partial charge on any atom is 0.319 e. The van der Waals surface area contributed by atoms with Crippen LogP contribution in [0.2, 0.25) is 0 Å². The summed E-state index contributed by atoms with van der Waals surface area (Å²) in [5, 5.41) is 3.66. The van der Waals surface area contributed by atoms with Crippen molar-refractivity contribution < 1.29 is 27.0 Å². The average molecular weight is 545 g/mol. The fraction of sp³-hybridized carbons (Fsp3) is 0.481. The number of nitrogens with one attached hydrogen (secondary N) is 1. The summed E-state index contributed by atoms with van der Waals surface area (Å²) in [5.74, 6) is -2.56. The highest BCUT2D eigenvalue weighted by Crippen LogP contribution is 2.44. The van der Waals surface area contributed by atoms with E-state index in [2.05, 4.69) is 15.2 Å². The van der Waals surface area contributed by atoms with Gasteiger partial charge in [-0.3, -0.25) is 4.90 Å². The summed E-state index contributed by atoms with van der Waals surface area (Å²) in [4.78, 5) is 13.3. The molecule has 3 saturated heterocycles. The molecule has 0 spiro atoms. The summed E-state index contributed by atoms with van der Waals surface area (Å²) in [6.45, 7) is 3.52. The Morgan fingerprint density at radius 2 is 1.97 bits per heavy atom. The Bertz CT molecular complexity index is 1470. The van der Waals surface area contributed by atoms with Crippen LogP contribution in [-0.4, -0.2) is 78.6 Å². The van der Waals surface area contributed by atoms with Gasteiger partial charge in [-0.05, 0) is 37.6 Å². The highest BCUT2D eigenvalue weighted by molar-refractivity contribution is 5.99. The second-order valence-electron chi connectivity index (χ2n) is 10.9. The molecule has 5 heterocycles. The predicted molar refractivity (Wildman–Crippen MR) is 137 cm³/mol. The second-order valence-corrected chi connectivity index (χ2v) is 10.9. The van der Waals surface area contributed by atoms with Gasteiger partial charge >= 0.3 is 6.01 Å². The van der Waals surface area contributed by atoms with Gasteiger partial charge in [-0.1, -0.05) is 0 Å². The van der Waals surface area contributed by atoms with Crippen LogP contribution in [0.1, 0.15) is 19.3 Å². The molecule has 3 aromatic rings. The average Bonchev–Trinajstić information content (AvgIpc) is 3.39. The lowest BCUT2D eigenvalue weighted by atomic mass is 9.95. The number of piperazine rings is 1. The topological polar surface area (TPSA) is 88.8 Å². The Kier molecular flexibility index (Phi) is 5.74. The molecule has 0 unspecified atom stereocenters. The number of ether oxygens (including phenoxy) is 2. The van der Waals surface area contributed by atoms with Gasteiger partial charge in [0.15, 0.2) is 17.5 Å². The van der Waals surface area contributed by atoms with E-state index in [0.717, 1.165) is 25.5 Å². The minimum atomic E-state index is -1.22. The number of anilines is 2. The Morgan fingerprint density at radius 3 is 2.85 bits per heavy atom. The molecule has 3 N–H and O–H groups in total. The molecule has 12 heteroatoms. The number of fused-ring (bicyclic) bond motifs is 3. The van der Waals surface area contributed by atoms with Crippen LogP contribution < -0.4 is 25.4 Å². The molecular weight excluding hydrogens is 516 g/mol. The smallest absolute Gasteiger partial charge is 0.319 e. The van der Waals surface area contributed by atoms with Crippen LogP contribution in [0.15, 0.2) is 18.2 Å². The zero-order valence-electron chi connectivity index (χ0n) is 21.2. The van der Waals surface area contributed by atoms with Crippen molar-refractivity contribution in [2.24, 2.45) is 0 Å². The summed E-state index contributed by atoms with van der Waals surface area (Å²) in [6.07, 6.45) is 1.18. The summed E-state index contributed by atoms with van der Waals surface area (Å²) in [6, 6.07) is 3.22. The molecule has 7 rings (SSSR count). The first-order valence-electron chi connectivity index (χ1n) is 13.2. The van der Waals surface area contributed by atoms with E-state index in [9.17, 15) is 13.2 Å². The van der Waals surface area contributed by atoms with Gasteiger partial charge in [0.2, 0.25) is 0 Å². The molecule has 4 aliphatic heterocycles. The van der Waals surface area contributed by atoms with Gasteiger partial charge < -0.3 is 25.4 Å². The maximum absolute atomic E-state index is 16.2. The molecule has 8 nitrogen and oxygen atoms in total. The Labute approximate surface area is 222 Å². The van der Waals surface area contributed by atoms with Crippen LogP contribution in [-0.2, 0) is 0 Å². The highest BCUT2D eigenvalue weighted by Gasteiger charge is 2.49. The number of nitrogens with zero attached hydrogens (tertiary/aromatic N) is 4. The first kappa shape index (κ1) is 24.6. The van der Waals surface area contributed by atoms with Gasteiger partial charge in [-0.25, -0.2) is 17.6 Å². The lowest BCUT2D eigenvalue weighted by Gasteiger charge is -2.35. The number of nitrogens with two attached hydrogens (primary N) is 1. The van der Waals surface area contributed by atoms with Gasteiger partial charge in [0.25, 0.3) is 0 Å². The number of halogens is 4. The van der Waals surface area contributed by atoms with Crippen molar-refractivity contribution in [1.82, 2.24) is 20.2 Å². The third-order valence-electron chi connectivity index (χ3n) is 8.46. The number of aromatic nitrogens is 2. The molecule has 0 saturated carbocycles. The SMILES string of the molecule is Nc1cc(F)c(F)c(-c2cc3c4c(nc(OC[C@@]56CCCN5C[C@H](F)C6)nc4c2F)N2CCNC[C@@H]2CO3)c1.